The first-order valence-corrected chi connectivity index (χ1v) is 6.97. The van der Waals surface area contributed by atoms with Crippen LogP contribution in [0.2, 0.25) is 0 Å². The molecule has 0 amide bonds. The van der Waals surface area contributed by atoms with Crippen LogP contribution in [0.15, 0.2) is 48.5 Å². The molecule has 0 aliphatic rings. The molecule has 2 aromatic carbocycles. The van der Waals surface area contributed by atoms with Crippen LogP contribution in [-0.2, 0) is 0 Å². The van der Waals surface area contributed by atoms with Crippen molar-refractivity contribution >= 4 is 5.69 Å². The van der Waals surface area contributed by atoms with Gasteiger partial charge in [0.2, 0.25) is 0 Å². The van der Waals surface area contributed by atoms with Crippen LogP contribution in [0.25, 0.3) is 0 Å². The van der Waals surface area contributed by atoms with Crippen molar-refractivity contribution in [3.63, 3.8) is 0 Å². The summed E-state index contributed by atoms with van der Waals surface area (Å²) in [5.74, 6) is 0.165. The number of benzene rings is 2. The second-order valence-corrected chi connectivity index (χ2v) is 4.89. The molecular formula is C17H19F2NO. The summed E-state index contributed by atoms with van der Waals surface area (Å²) in [5, 5.41) is 3.28. The molecule has 0 aliphatic carbocycles. The van der Waals surface area contributed by atoms with Crippen molar-refractivity contribution in [1.29, 1.82) is 0 Å². The Bertz CT molecular complexity index is 569. The maximum atomic E-state index is 12.4. The van der Waals surface area contributed by atoms with Gasteiger partial charge in [-0.25, -0.2) is 0 Å². The van der Waals surface area contributed by atoms with Gasteiger partial charge in [-0.15, -0.1) is 0 Å². The summed E-state index contributed by atoms with van der Waals surface area (Å²) in [6.45, 7) is 1.25. The van der Waals surface area contributed by atoms with Gasteiger partial charge in [0.15, 0.2) is 0 Å². The van der Waals surface area contributed by atoms with E-state index in [9.17, 15) is 8.78 Å². The molecule has 0 radical (unpaired) electrons. The lowest BCUT2D eigenvalue weighted by Gasteiger charge is -2.21. The van der Waals surface area contributed by atoms with E-state index >= 15 is 0 Å². The number of hydrogen-bond acceptors (Lipinski definition) is 2. The molecule has 0 fully saturated rings. The number of rotatable bonds is 6. The molecule has 2 nitrogen and oxygen atoms in total. The van der Waals surface area contributed by atoms with Gasteiger partial charge in [0.25, 0.3) is 0 Å². The SMILES string of the molecule is CCC(Nc1ccccc1OC(F)F)c1ccc(C)cc1. The van der Waals surface area contributed by atoms with E-state index in [1.807, 2.05) is 38.1 Å². The van der Waals surface area contributed by atoms with E-state index in [0.717, 1.165) is 12.0 Å². The zero-order chi connectivity index (χ0) is 15.2. The summed E-state index contributed by atoms with van der Waals surface area (Å²) in [7, 11) is 0. The smallest absolute Gasteiger partial charge is 0.387 e. The largest absolute Gasteiger partial charge is 0.433 e. The third kappa shape index (κ3) is 4.18. The van der Waals surface area contributed by atoms with E-state index < -0.39 is 6.61 Å². The normalized spacial score (nSPS) is 12.2. The summed E-state index contributed by atoms with van der Waals surface area (Å²) in [6, 6.07) is 15.0. The third-order valence-electron chi connectivity index (χ3n) is 3.32. The molecule has 0 aliphatic heterocycles. The lowest BCUT2D eigenvalue weighted by Crippen LogP contribution is -2.12. The molecule has 0 spiro atoms. The Morgan fingerprint density at radius 3 is 2.33 bits per heavy atom. The number of ether oxygens (including phenoxy) is 1. The van der Waals surface area contributed by atoms with Crippen LogP contribution in [0.5, 0.6) is 5.75 Å². The molecule has 0 saturated carbocycles. The Balaban J connectivity index is 2.20. The van der Waals surface area contributed by atoms with E-state index in [2.05, 4.69) is 10.1 Å². The van der Waals surface area contributed by atoms with Gasteiger partial charge in [-0.2, -0.15) is 8.78 Å². The van der Waals surface area contributed by atoms with Crippen LogP contribution >= 0.6 is 0 Å². The first-order valence-electron chi connectivity index (χ1n) is 6.97. The van der Waals surface area contributed by atoms with Gasteiger partial charge in [-0.3, -0.25) is 0 Å². The Morgan fingerprint density at radius 1 is 1.05 bits per heavy atom. The average Bonchev–Trinajstić information content (AvgIpc) is 2.47. The van der Waals surface area contributed by atoms with E-state index in [1.54, 1.807) is 18.2 Å². The number of nitrogens with one attached hydrogen (secondary N) is 1. The van der Waals surface area contributed by atoms with Crippen molar-refractivity contribution in [2.45, 2.75) is 32.9 Å². The molecular weight excluding hydrogens is 272 g/mol. The summed E-state index contributed by atoms with van der Waals surface area (Å²) in [4.78, 5) is 0. The van der Waals surface area contributed by atoms with Gasteiger partial charge in [-0.05, 0) is 31.0 Å². The van der Waals surface area contributed by atoms with E-state index in [4.69, 9.17) is 0 Å². The van der Waals surface area contributed by atoms with Crippen LogP contribution < -0.4 is 10.1 Å². The minimum Gasteiger partial charge on any atom is -0.433 e. The number of aryl methyl sites for hydroxylation is 1. The third-order valence-corrected chi connectivity index (χ3v) is 3.32. The molecule has 0 aromatic heterocycles. The summed E-state index contributed by atoms with van der Waals surface area (Å²) in [5.41, 5.74) is 2.88. The molecule has 0 saturated heterocycles. The molecule has 1 atom stereocenters. The first-order chi connectivity index (χ1) is 10.1. The standard InChI is InChI=1S/C17H19F2NO/c1-3-14(13-10-8-12(2)9-11-13)20-15-6-4-5-7-16(15)21-17(18)19/h4-11,14,17,20H,3H2,1-2H3. The Morgan fingerprint density at radius 2 is 1.71 bits per heavy atom. The molecule has 0 heterocycles. The van der Waals surface area contributed by atoms with Gasteiger partial charge in [0.05, 0.1) is 11.7 Å². The second-order valence-electron chi connectivity index (χ2n) is 4.89. The van der Waals surface area contributed by atoms with Crippen molar-refractivity contribution < 1.29 is 13.5 Å². The van der Waals surface area contributed by atoms with Crippen molar-refractivity contribution in [2.75, 3.05) is 5.32 Å². The van der Waals surface area contributed by atoms with E-state index in [1.165, 1.54) is 11.6 Å². The molecule has 21 heavy (non-hydrogen) atoms. The number of alkyl halides is 2. The average molecular weight is 291 g/mol. The molecule has 112 valence electrons. The number of para-hydroxylation sites is 2. The molecule has 2 rings (SSSR count). The lowest BCUT2D eigenvalue weighted by atomic mass is 10.0. The molecule has 4 heteroatoms. The quantitative estimate of drug-likeness (QED) is 0.793. The van der Waals surface area contributed by atoms with Crippen LogP contribution in [0, 0.1) is 6.92 Å². The van der Waals surface area contributed by atoms with Gasteiger partial charge < -0.3 is 10.1 Å². The lowest BCUT2D eigenvalue weighted by molar-refractivity contribution is -0.0493. The topological polar surface area (TPSA) is 21.3 Å². The maximum absolute atomic E-state index is 12.4. The fourth-order valence-corrected chi connectivity index (χ4v) is 2.19. The van der Waals surface area contributed by atoms with Crippen molar-refractivity contribution in [2.24, 2.45) is 0 Å². The highest BCUT2D eigenvalue weighted by Gasteiger charge is 2.13. The number of anilines is 1. The van der Waals surface area contributed by atoms with Gasteiger partial charge in [-0.1, -0.05) is 48.9 Å². The maximum Gasteiger partial charge on any atom is 0.387 e. The van der Waals surface area contributed by atoms with E-state index in [0.29, 0.717) is 5.69 Å². The minimum absolute atomic E-state index is 0.0491. The highest BCUT2D eigenvalue weighted by atomic mass is 19.3. The van der Waals surface area contributed by atoms with Crippen LogP contribution in [0.4, 0.5) is 14.5 Å². The van der Waals surface area contributed by atoms with Crippen molar-refractivity contribution in [3.8, 4) is 5.75 Å². The van der Waals surface area contributed by atoms with E-state index in [-0.39, 0.29) is 11.8 Å². The Hall–Kier alpha value is -2.10. The highest BCUT2D eigenvalue weighted by molar-refractivity contribution is 5.57. The zero-order valence-corrected chi connectivity index (χ0v) is 12.1. The van der Waals surface area contributed by atoms with Crippen molar-refractivity contribution in [1.82, 2.24) is 0 Å². The number of halogens is 2. The molecule has 1 unspecified atom stereocenters. The van der Waals surface area contributed by atoms with Crippen LogP contribution in [-0.4, -0.2) is 6.61 Å². The van der Waals surface area contributed by atoms with Gasteiger partial charge in [0.1, 0.15) is 5.75 Å². The second kappa shape index (κ2) is 7.07. The summed E-state index contributed by atoms with van der Waals surface area (Å²) >= 11 is 0. The zero-order valence-electron chi connectivity index (χ0n) is 12.1. The minimum atomic E-state index is -2.83. The first kappa shape index (κ1) is 15.3. The fraction of sp³-hybridized carbons (Fsp3) is 0.294. The van der Waals surface area contributed by atoms with Gasteiger partial charge in [0, 0.05) is 0 Å². The number of hydrogen-bond donors (Lipinski definition) is 1. The Kier molecular flexibility index (Phi) is 5.14. The molecule has 1 N–H and O–H groups in total. The fourth-order valence-electron chi connectivity index (χ4n) is 2.19. The van der Waals surface area contributed by atoms with Crippen molar-refractivity contribution in [3.05, 3.63) is 59.7 Å². The van der Waals surface area contributed by atoms with Crippen LogP contribution in [0.3, 0.4) is 0 Å². The predicted molar refractivity (Wildman–Crippen MR) is 80.9 cm³/mol. The summed E-state index contributed by atoms with van der Waals surface area (Å²) < 4.78 is 29.4. The predicted octanol–water partition coefficient (Wildman–Crippen LogP) is 5.16. The summed E-state index contributed by atoms with van der Waals surface area (Å²) in [6.07, 6.45) is 0.839. The monoisotopic (exact) mass is 291 g/mol. The Labute approximate surface area is 123 Å². The highest BCUT2D eigenvalue weighted by Crippen LogP contribution is 2.30. The molecule has 0 bridgehead atoms. The van der Waals surface area contributed by atoms with Gasteiger partial charge >= 0.3 is 6.61 Å². The molecule has 2 aromatic rings. The van der Waals surface area contributed by atoms with Crippen LogP contribution in [0.1, 0.15) is 30.5 Å².